The van der Waals surface area contributed by atoms with E-state index in [-0.39, 0.29) is 5.91 Å². The minimum absolute atomic E-state index is 0.000417. The lowest BCUT2D eigenvalue weighted by molar-refractivity contribution is -0.313. The average molecular weight is 250 g/mol. The number of likely N-dealkylation sites (tertiary alicyclic amines) is 1. The van der Waals surface area contributed by atoms with Gasteiger partial charge in [-0.25, -0.2) is 0 Å². The van der Waals surface area contributed by atoms with E-state index in [0.29, 0.717) is 18.8 Å². The van der Waals surface area contributed by atoms with Gasteiger partial charge in [-0.2, -0.15) is 0 Å². The van der Waals surface area contributed by atoms with Gasteiger partial charge in [0.1, 0.15) is 0 Å². The van der Waals surface area contributed by atoms with E-state index in [1.807, 2.05) is 17.1 Å². The van der Waals surface area contributed by atoms with Gasteiger partial charge in [0.2, 0.25) is 5.91 Å². The second-order valence-corrected chi connectivity index (χ2v) is 5.48. The Morgan fingerprint density at radius 3 is 2.22 bits per heavy atom. The largest absolute Gasteiger partial charge is 0.550 e. The summed E-state index contributed by atoms with van der Waals surface area (Å²) in [6.45, 7) is 3.72. The van der Waals surface area contributed by atoms with Crippen LogP contribution in [0.25, 0.3) is 0 Å². The first-order chi connectivity index (χ1) is 8.59. The summed E-state index contributed by atoms with van der Waals surface area (Å²) in [6, 6.07) is 0. The third-order valence-electron chi connectivity index (χ3n) is 4.15. The highest BCUT2D eigenvalue weighted by Crippen LogP contribution is 2.28. The third-order valence-corrected chi connectivity index (χ3v) is 4.15. The van der Waals surface area contributed by atoms with E-state index in [2.05, 4.69) is 6.92 Å². The Kier molecular flexibility index (Phi) is 4.04. The lowest BCUT2D eigenvalue weighted by Gasteiger charge is -2.36. The summed E-state index contributed by atoms with van der Waals surface area (Å²) in [5.74, 6) is -1.50. The first-order valence-electron chi connectivity index (χ1n) is 6.74. The number of piperidine rings is 1. The second-order valence-electron chi connectivity index (χ2n) is 5.48. The van der Waals surface area contributed by atoms with Crippen LogP contribution >= 0.6 is 0 Å². The van der Waals surface area contributed by atoms with Crippen LogP contribution in [0, 0.1) is 17.8 Å². The van der Waals surface area contributed by atoms with E-state index in [1.165, 1.54) is 0 Å². The van der Waals surface area contributed by atoms with Gasteiger partial charge in [-0.1, -0.05) is 19.1 Å². The molecule has 18 heavy (non-hydrogen) atoms. The fourth-order valence-corrected chi connectivity index (χ4v) is 2.81. The Balaban J connectivity index is 2.03. The Hall–Kier alpha value is -1.32. The molecule has 0 aromatic carbocycles. The van der Waals surface area contributed by atoms with E-state index in [0.717, 1.165) is 25.9 Å². The van der Waals surface area contributed by atoms with E-state index < -0.39 is 17.8 Å². The van der Waals surface area contributed by atoms with Gasteiger partial charge >= 0.3 is 0 Å². The van der Waals surface area contributed by atoms with Crippen molar-refractivity contribution in [3.8, 4) is 0 Å². The molecule has 1 saturated heterocycles. The van der Waals surface area contributed by atoms with Crippen molar-refractivity contribution in [3.63, 3.8) is 0 Å². The lowest BCUT2D eigenvalue weighted by atomic mass is 9.81. The van der Waals surface area contributed by atoms with Crippen LogP contribution in [-0.2, 0) is 9.59 Å². The van der Waals surface area contributed by atoms with Crippen molar-refractivity contribution in [1.29, 1.82) is 0 Å². The molecular formula is C14H20NO3-. The standard InChI is InChI=1S/C14H21NO3/c1-10-6-8-15(9-7-10)13(16)11-4-2-3-5-12(11)14(17)18/h2-3,10-12H,4-9H2,1H3,(H,17,18)/p-1/t11-,12+/m1/s1. The van der Waals surface area contributed by atoms with Crippen LogP contribution in [0.1, 0.15) is 32.6 Å². The molecule has 2 aliphatic rings. The lowest BCUT2D eigenvalue weighted by Crippen LogP contribution is -2.47. The van der Waals surface area contributed by atoms with Crippen LogP contribution < -0.4 is 5.11 Å². The fraction of sp³-hybridized carbons (Fsp3) is 0.714. The summed E-state index contributed by atoms with van der Waals surface area (Å²) in [6.07, 6.45) is 6.73. The van der Waals surface area contributed by atoms with Crippen molar-refractivity contribution in [2.75, 3.05) is 13.1 Å². The highest BCUT2D eigenvalue weighted by Gasteiger charge is 2.33. The monoisotopic (exact) mass is 250 g/mol. The molecule has 2 atom stereocenters. The van der Waals surface area contributed by atoms with Crippen molar-refractivity contribution in [3.05, 3.63) is 12.2 Å². The van der Waals surface area contributed by atoms with Crippen LogP contribution in [0.3, 0.4) is 0 Å². The Morgan fingerprint density at radius 2 is 1.67 bits per heavy atom. The average Bonchev–Trinajstić information content (AvgIpc) is 2.39. The molecule has 1 aliphatic heterocycles. The number of carboxylic acids is 1. The number of rotatable bonds is 2. The molecule has 0 aromatic heterocycles. The molecule has 100 valence electrons. The minimum Gasteiger partial charge on any atom is -0.550 e. The molecule has 0 radical (unpaired) electrons. The van der Waals surface area contributed by atoms with Gasteiger partial charge in [-0.05, 0) is 31.6 Å². The summed E-state index contributed by atoms with van der Waals surface area (Å²) >= 11 is 0. The van der Waals surface area contributed by atoms with Gasteiger partial charge in [-0.3, -0.25) is 4.79 Å². The molecule has 0 N–H and O–H groups in total. The minimum atomic E-state index is -1.09. The van der Waals surface area contributed by atoms with Crippen LogP contribution in [0.4, 0.5) is 0 Å². The molecule has 1 amide bonds. The van der Waals surface area contributed by atoms with E-state index in [1.54, 1.807) is 0 Å². The molecule has 0 unspecified atom stereocenters. The normalized spacial score (nSPS) is 29.3. The summed E-state index contributed by atoms with van der Waals surface area (Å²) in [7, 11) is 0. The van der Waals surface area contributed by atoms with Gasteiger partial charge < -0.3 is 14.8 Å². The van der Waals surface area contributed by atoms with Crippen LogP contribution in [-0.4, -0.2) is 29.9 Å². The number of nitrogens with zero attached hydrogens (tertiary/aromatic N) is 1. The number of hydrogen-bond donors (Lipinski definition) is 0. The molecular weight excluding hydrogens is 230 g/mol. The predicted octanol–water partition coefficient (Wildman–Crippen LogP) is 0.577. The summed E-state index contributed by atoms with van der Waals surface area (Å²) in [5.41, 5.74) is 0. The number of allylic oxidation sites excluding steroid dienone is 2. The van der Waals surface area contributed by atoms with Crippen LogP contribution in [0.15, 0.2) is 12.2 Å². The molecule has 0 bridgehead atoms. The molecule has 1 fully saturated rings. The SMILES string of the molecule is CC1CCN(C(=O)[C@@H]2CC=CC[C@@H]2C(=O)[O-])CC1. The van der Waals surface area contributed by atoms with Crippen molar-refractivity contribution in [2.45, 2.75) is 32.6 Å². The summed E-state index contributed by atoms with van der Waals surface area (Å²) in [4.78, 5) is 25.3. The van der Waals surface area contributed by atoms with Crippen LogP contribution in [0.5, 0.6) is 0 Å². The molecule has 0 aromatic rings. The third kappa shape index (κ3) is 2.74. The molecule has 4 heteroatoms. The van der Waals surface area contributed by atoms with Gasteiger partial charge in [0.05, 0.1) is 0 Å². The van der Waals surface area contributed by atoms with Gasteiger partial charge in [0, 0.05) is 30.9 Å². The molecule has 0 saturated carbocycles. The van der Waals surface area contributed by atoms with Crippen molar-refractivity contribution < 1.29 is 14.7 Å². The fourth-order valence-electron chi connectivity index (χ4n) is 2.81. The quantitative estimate of drug-likeness (QED) is 0.673. The molecule has 0 spiro atoms. The topological polar surface area (TPSA) is 60.4 Å². The molecule has 1 heterocycles. The maximum absolute atomic E-state index is 12.4. The number of carbonyl (C=O) groups is 2. The number of carboxylic acid groups (broad SMARTS) is 1. The smallest absolute Gasteiger partial charge is 0.226 e. The predicted molar refractivity (Wildman–Crippen MR) is 65.3 cm³/mol. The van der Waals surface area contributed by atoms with E-state index in [9.17, 15) is 14.7 Å². The molecule has 2 rings (SSSR count). The zero-order valence-electron chi connectivity index (χ0n) is 10.8. The Labute approximate surface area is 108 Å². The number of hydrogen-bond acceptors (Lipinski definition) is 3. The maximum Gasteiger partial charge on any atom is 0.226 e. The van der Waals surface area contributed by atoms with Crippen molar-refractivity contribution >= 4 is 11.9 Å². The van der Waals surface area contributed by atoms with Crippen molar-refractivity contribution in [2.24, 2.45) is 17.8 Å². The maximum atomic E-state index is 12.4. The number of aliphatic carboxylic acids is 1. The summed E-state index contributed by atoms with van der Waals surface area (Å²) in [5, 5.41) is 11.1. The van der Waals surface area contributed by atoms with Gasteiger partial charge in [0.15, 0.2) is 0 Å². The highest BCUT2D eigenvalue weighted by atomic mass is 16.4. The van der Waals surface area contributed by atoms with Crippen molar-refractivity contribution in [1.82, 2.24) is 4.90 Å². The zero-order chi connectivity index (χ0) is 13.1. The van der Waals surface area contributed by atoms with Gasteiger partial charge in [0.25, 0.3) is 0 Å². The van der Waals surface area contributed by atoms with E-state index >= 15 is 0 Å². The molecule has 4 nitrogen and oxygen atoms in total. The number of carbonyl (C=O) groups excluding carboxylic acids is 2. The molecule has 1 aliphatic carbocycles. The van der Waals surface area contributed by atoms with Gasteiger partial charge in [-0.15, -0.1) is 0 Å². The Morgan fingerprint density at radius 1 is 1.11 bits per heavy atom. The first-order valence-corrected chi connectivity index (χ1v) is 6.74. The zero-order valence-corrected chi connectivity index (χ0v) is 10.8. The Bertz CT molecular complexity index is 356. The second kappa shape index (κ2) is 5.55. The summed E-state index contributed by atoms with van der Waals surface area (Å²) < 4.78 is 0. The van der Waals surface area contributed by atoms with Crippen LogP contribution in [0.2, 0.25) is 0 Å². The number of amides is 1. The highest BCUT2D eigenvalue weighted by molar-refractivity contribution is 5.84. The van der Waals surface area contributed by atoms with E-state index in [4.69, 9.17) is 0 Å². The first kappa shape index (κ1) is 13.1.